The Labute approximate surface area is 102 Å². The first-order valence-corrected chi connectivity index (χ1v) is 6.67. The highest BCUT2D eigenvalue weighted by atomic mass is 32.1. The first-order valence-electron chi connectivity index (χ1n) is 6.26. The Hall–Kier alpha value is -0.640. The van der Waals surface area contributed by atoms with Crippen molar-refractivity contribution in [2.45, 2.75) is 57.4 Å². The topological polar surface area (TPSA) is 55.1 Å². The largest absolute Gasteiger partial charge is 0.392 e. The van der Waals surface area contributed by atoms with Gasteiger partial charge in [0, 0.05) is 6.04 Å². The van der Waals surface area contributed by atoms with E-state index >= 15 is 0 Å². The van der Waals surface area contributed by atoms with Crippen molar-refractivity contribution in [3.63, 3.8) is 0 Å². The minimum absolute atomic E-state index is 0.0874. The van der Waals surface area contributed by atoms with Gasteiger partial charge < -0.3 is 11.1 Å². The van der Waals surface area contributed by atoms with Gasteiger partial charge in [-0.2, -0.15) is 0 Å². The van der Waals surface area contributed by atoms with Gasteiger partial charge in [0.25, 0.3) is 0 Å². The van der Waals surface area contributed by atoms with Crippen molar-refractivity contribution in [1.29, 1.82) is 0 Å². The van der Waals surface area contributed by atoms with Crippen LogP contribution in [-0.4, -0.2) is 16.9 Å². The van der Waals surface area contributed by atoms with E-state index in [4.69, 9.17) is 18.0 Å². The Bertz CT molecular complexity index is 291. The molecule has 2 aliphatic rings. The van der Waals surface area contributed by atoms with Crippen LogP contribution < -0.4 is 11.1 Å². The Morgan fingerprint density at radius 3 is 2.19 bits per heavy atom. The third kappa shape index (κ3) is 2.37. The second-order valence-corrected chi connectivity index (χ2v) is 5.55. The van der Waals surface area contributed by atoms with E-state index in [0.29, 0.717) is 11.0 Å². The van der Waals surface area contributed by atoms with Crippen LogP contribution in [0, 0.1) is 5.41 Å². The fraction of sp³-hybridized carbons (Fsp3) is 0.833. The molecule has 0 aromatic carbocycles. The summed E-state index contributed by atoms with van der Waals surface area (Å²) in [5.41, 5.74) is 5.29. The van der Waals surface area contributed by atoms with E-state index in [0.717, 1.165) is 38.5 Å². The zero-order chi connectivity index (χ0) is 11.6. The summed E-state index contributed by atoms with van der Waals surface area (Å²) in [4.78, 5) is 12.7. The second kappa shape index (κ2) is 4.70. The third-order valence-corrected chi connectivity index (χ3v) is 4.17. The van der Waals surface area contributed by atoms with Gasteiger partial charge in [-0.15, -0.1) is 0 Å². The van der Waals surface area contributed by atoms with Crippen molar-refractivity contribution in [1.82, 2.24) is 5.32 Å². The van der Waals surface area contributed by atoms with Crippen molar-refractivity contribution in [2.24, 2.45) is 11.1 Å². The van der Waals surface area contributed by atoms with Gasteiger partial charge in [0.2, 0.25) is 5.91 Å². The monoisotopic (exact) mass is 240 g/mol. The standard InChI is InChI=1S/C12H20N2OS/c13-10(16)12(7-3-1-2-4-8-12)11(15)14-9-5-6-9/h9H,1-8H2,(H2,13,16)(H,14,15). The molecule has 1 amide bonds. The van der Waals surface area contributed by atoms with E-state index in [1.54, 1.807) is 0 Å². The number of carbonyl (C=O) groups excluding carboxylic acids is 1. The molecule has 2 fully saturated rings. The maximum absolute atomic E-state index is 12.3. The summed E-state index contributed by atoms with van der Waals surface area (Å²) in [5.74, 6) is 0.0874. The molecule has 0 bridgehead atoms. The molecular weight excluding hydrogens is 220 g/mol. The van der Waals surface area contributed by atoms with Crippen LogP contribution in [0.25, 0.3) is 0 Å². The average molecular weight is 240 g/mol. The van der Waals surface area contributed by atoms with E-state index in [9.17, 15) is 4.79 Å². The SMILES string of the molecule is NC(=S)C1(C(=O)NC2CC2)CCCCCC1. The van der Waals surface area contributed by atoms with E-state index in [1.165, 1.54) is 12.8 Å². The molecule has 0 heterocycles. The smallest absolute Gasteiger partial charge is 0.233 e. The molecule has 0 atom stereocenters. The molecule has 3 N–H and O–H groups in total. The maximum atomic E-state index is 12.3. The van der Waals surface area contributed by atoms with E-state index < -0.39 is 5.41 Å². The number of amides is 1. The Kier molecular flexibility index (Phi) is 3.47. The van der Waals surface area contributed by atoms with E-state index in [1.807, 2.05) is 0 Å². The molecule has 0 unspecified atom stereocenters. The highest BCUT2D eigenvalue weighted by Gasteiger charge is 2.43. The van der Waals surface area contributed by atoms with Crippen molar-refractivity contribution in [3.05, 3.63) is 0 Å². The van der Waals surface area contributed by atoms with E-state index in [2.05, 4.69) is 5.32 Å². The molecule has 0 saturated heterocycles. The number of nitrogens with one attached hydrogen (secondary N) is 1. The molecular formula is C12H20N2OS. The molecule has 2 rings (SSSR count). The molecule has 0 aromatic heterocycles. The number of rotatable bonds is 3. The predicted molar refractivity (Wildman–Crippen MR) is 68.1 cm³/mol. The highest BCUT2D eigenvalue weighted by Crippen LogP contribution is 2.36. The number of thiocarbonyl (C=S) groups is 1. The van der Waals surface area contributed by atoms with Gasteiger partial charge in [-0.25, -0.2) is 0 Å². The summed E-state index contributed by atoms with van der Waals surface area (Å²) < 4.78 is 0. The van der Waals surface area contributed by atoms with Gasteiger partial charge in [-0.3, -0.25) is 4.79 Å². The lowest BCUT2D eigenvalue weighted by atomic mass is 9.79. The average Bonchev–Trinajstić information content (AvgIpc) is 3.02. The summed E-state index contributed by atoms with van der Waals surface area (Å²) in [6.07, 6.45) is 8.41. The number of nitrogens with two attached hydrogens (primary N) is 1. The van der Waals surface area contributed by atoms with Crippen LogP contribution in [0.3, 0.4) is 0 Å². The van der Waals surface area contributed by atoms with Gasteiger partial charge >= 0.3 is 0 Å². The summed E-state index contributed by atoms with van der Waals surface area (Å²) in [5, 5.41) is 3.07. The summed E-state index contributed by atoms with van der Waals surface area (Å²) >= 11 is 5.15. The summed E-state index contributed by atoms with van der Waals surface area (Å²) in [6.45, 7) is 0. The normalized spacial score (nSPS) is 24.5. The Morgan fingerprint density at radius 2 is 1.75 bits per heavy atom. The number of hydrogen-bond donors (Lipinski definition) is 2. The minimum Gasteiger partial charge on any atom is -0.392 e. The molecule has 0 spiro atoms. The molecule has 4 heteroatoms. The molecule has 2 aliphatic carbocycles. The maximum Gasteiger partial charge on any atom is 0.233 e. The zero-order valence-corrected chi connectivity index (χ0v) is 10.4. The summed E-state index contributed by atoms with van der Waals surface area (Å²) in [6, 6.07) is 0.391. The summed E-state index contributed by atoms with van der Waals surface area (Å²) in [7, 11) is 0. The zero-order valence-electron chi connectivity index (χ0n) is 9.63. The van der Waals surface area contributed by atoms with Crippen molar-refractivity contribution in [3.8, 4) is 0 Å². The quantitative estimate of drug-likeness (QED) is 0.585. The van der Waals surface area contributed by atoms with E-state index in [-0.39, 0.29) is 5.91 Å². The molecule has 16 heavy (non-hydrogen) atoms. The van der Waals surface area contributed by atoms with Crippen molar-refractivity contribution >= 4 is 23.1 Å². The molecule has 0 aromatic rings. The van der Waals surface area contributed by atoms with Crippen LogP contribution in [-0.2, 0) is 4.79 Å². The Morgan fingerprint density at radius 1 is 1.19 bits per heavy atom. The number of carbonyl (C=O) groups is 1. The number of hydrogen-bond acceptors (Lipinski definition) is 2. The van der Waals surface area contributed by atoms with Crippen molar-refractivity contribution in [2.75, 3.05) is 0 Å². The van der Waals surface area contributed by atoms with Crippen LogP contribution in [0.15, 0.2) is 0 Å². The van der Waals surface area contributed by atoms with Crippen molar-refractivity contribution < 1.29 is 4.79 Å². The highest BCUT2D eigenvalue weighted by molar-refractivity contribution is 7.80. The molecule has 0 radical (unpaired) electrons. The lowest BCUT2D eigenvalue weighted by Crippen LogP contribution is -2.49. The lowest BCUT2D eigenvalue weighted by molar-refractivity contribution is -0.128. The molecule has 0 aliphatic heterocycles. The van der Waals surface area contributed by atoms with Gasteiger partial charge in [0.05, 0.1) is 10.4 Å². The van der Waals surface area contributed by atoms with Crippen LogP contribution in [0.4, 0.5) is 0 Å². The molecule has 90 valence electrons. The van der Waals surface area contributed by atoms with Crippen LogP contribution in [0.5, 0.6) is 0 Å². The first-order chi connectivity index (χ1) is 7.65. The Balaban J connectivity index is 2.11. The van der Waals surface area contributed by atoms with Crippen LogP contribution in [0.2, 0.25) is 0 Å². The second-order valence-electron chi connectivity index (χ2n) is 5.11. The van der Waals surface area contributed by atoms with Gasteiger partial charge in [0.15, 0.2) is 0 Å². The lowest BCUT2D eigenvalue weighted by Gasteiger charge is -2.30. The molecule has 2 saturated carbocycles. The van der Waals surface area contributed by atoms with Gasteiger partial charge in [0.1, 0.15) is 0 Å². The molecule has 3 nitrogen and oxygen atoms in total. The first kappa shape index (κ1) is 11.8. The van der Waals surface area contributed by atoms with Gasteiger partial charge in [-0.1, -0.05) is 37.9 Å². The third-order valence-electron chi connectivity index (χ3n) is 3.78. The predicted octanol–water partition coefficient (Wildman–Crippen LogP) is 1.89. The fourth-order valence-corrected chi connectivity index (χ4v) is 2.77. The van der Waals surface area contributed by atoms with Crippen LogP contribution >= 0.6 is 12.2 Å². The van der Waals surface area contributed by atoms with Crippen LogP contribution in [0.1, 0.15) is 51.4 Å². The fourth-order valence-electron chi connectivity index (χ4n) is 2.47. The van der Waals surface area contributed by atoms with Gasteiger partial charge in [-0.05, 0) is 25.7 Å². The minimum atomic E-state index is -0.547.